The number of anilines is 5. The number of benzene rings is 2. The Hall–Kier alpha value is -3.65. The summed E-state index contributed by atoms with van der Waals surface area (Å²) in [6, 6.07) is 9.13. The zero-order chi connectivity index (χ0) is 31.5. The van der Waals surface area contributed by atoms with Gasteiger partial charge < -0.3 is 25.2 Å². The van der Waals surface area contributed by atoms with Gasteiger partial charge in [-0.05, 0) is 54.3 Å². The number of likely N-dealkylation sites (N-methyl/N-ethyl adjacent to an activating group) is 1. The van der Waals surface area contributed by atoms with Crippen molar-refractivity contribution in [1.82, 2.24) is 24.1 Å². The highest BCUT2D eigenvalue weighted by molar-refractivity contribution is 7.89. The number of amides is 1. The van der Waals surface area contributed by atoms with Crippen LogP contribution < -0.4 is 20.3 Å². The molecule has 0 unspecified atom stereocenters. The van der Waals surface area contributed by atoms with E-state index in [1.54, 1.807) is 38.2 Å². The third kappa shape index (κ3) is 7.47. The number of carbonyl (C=O) groups excluding carboxylic acids is 1. The second-order valence-electron chi connectivity index (χ2n) is 10.9. The molecule has 43 heavy (non-hydrogen) atoms. The number of nitrogens with one attached hydrogen (secondary N) is 2. The average molecular weight is 631 g/mol. The number of carbonyl (C=O) groups is 1. The van der Waals surface area contributed by atoms with Crippen molar-refractivity contribution < 1.29 is 17.9 Å². The van der Waals surface area contributed by atoms with Crippen LogP contribution in [0.25, 0.3) is 0 Å². The second kappa shape index (κ2) is 13.3. The van der Waals surface area contributed by atoms with Gasteiger partial charge in [-0.25, -0.2) is 17.7 Å². The van der Waals surface area contributed by atoms with Gasteiger partial charge in [0.2, 0.25) is 21.9 Å². The van der Waals surface area contributed by atoms with Crippen molar-refractivity contribution in [2.45, 2.75) is 17.7 Å². The zero-order valence-corrected chi connectivity index (χ0v) is 27.2. The van der Waals surface area contributed by atoms with E-state index in [2.05, 4.69) is 25.5 Å². The summed E-state index contributed by atoms with van der Waals surface area (Å²) in [4.78, 5) is 26.9. The first-order valence-electron chi connectivity index (χ1n) is 13.7. The van der Waals surface area contributed by atoms with Gasteiger partial charge in [-0.2, -0.15) is 4.98 Å². The summed E-state index contributed by atoms with van der Waals surface area (Å²) in [5.74, 6) is 1.19. The maximum absolute atomic E-state index is 13.2. The lowest BCUT2D eigenvalue weighted by atomic mass is 10.0. The molecule has 1 amide bonds. The summed E-state index contributed by atoms with van der Waals surface area (Å²) in [5.41, 5.74) is 4.04. The molecule has 4 rings (SSSR count). The molecular formula is C29H39ClN8O4S. The standard InChI is InChI=1S/C29H39ClN8O4S/c1-35(2)21-8-9-23(26(16-21)43(40,41)37(5)6)32-28-22(30)17-31-29(34-28)33-24-14-19-10-12-38(18-27(39)36(3)4)13-11-20(19)15-25(24)42-7/h8-9,14-17H,10-13,18H2,1-7H3,(H2,31,32,33,34). The smallest absolute Gasteiger partial charge is 0.244 e. The van der Waals surface area contributed by atoms with Gasteiger partial charge >= 0.3 is 0 Å². The van der Waals surface area contributed by atoms with Crippen molar-refractivity contribution in [3.63, 3.8) is 0 Å². The number of ether oxygens (including phenoxy) is 1. The molecule has 0 fully saturated rings. The number of rotatable bonds is 10. The number of hydrogen-bond acceptors (Lipinski definition) is 10. The van der Waals surface area contributed by atoms with Gasteiger partial charge in [-0.1, -0.05) is 11.6 Å². The van der Waals surface area contributed by atoms with E-state index in [9.17, 15) is 13.2 Å². The number of fused-ring (bicyclic) bond motifs is 1. The van der Waals surface area contributed by atoms with E-state index < -0.39 is 10.0 Å². The molecule has 0 atom stereocenters. The molecule has 0 spiro atoms. The Morgan fingerprint density at radius 3 is 2.28 bits per heavy atom. The first-order chi connectivity index (χ1) is 20.3. The molecule has 0 saturated heterocycles. The monoisotopic (exact) mass is 630 g/mol. The maximum atomic E-state index is 13.2. The number of hydrogen-bond donors (Lipinski definition) is 2. The largest absolute Gasteiger partial charge is 0.495 e. The van der Waals surface area contributed by atoms with Crippen LogP contribution in [0.1, 0.15) is 11.1 Å². The van der Waals surface area contributed by atoms with Crippen LogP contribution in [0.3, 0.4) is 0 Å². The van der Waals surface area contributed by atoms with Gasteiger partial charge in [0.05, 0.1) is 31.2 Å². The van der Waals surface area contributed by atoms with Crippen molar-refractivity contribution >= 4 is 56.4 Å². The highest BCUT2D eigenvalue weighted by Crippen LogP contribution is 2.35. The molecule has 14 heteroatoms. The summed E-state index contributed by atoms with van der Waals surface area (Å²) in [6.07, 6.45) is 3.02. The van der Waals surface area contributed by atoms with E-state index in [1.807, 2.05) is 37.2 Å². The molecule has 232 valence electrons. The van der Waals surface area contributed by atoms with E-state index in [-0.39, 0.29) is 27.6 Å². The molecular weight excluding hydrogens is 592 g/mol. The Labute approximate surface area is 258 Å². The fourth-order valence-electron chi connectivity index (χ4n) is 4.62. The van der Waals surface area contributed by atoms with Gasteiger partial charge in [0.15, 0.2) is 5.82 Å². The molecule has 1 aromatic heterocycles. The van der Waals surface area contributed by atoms with Crippen molar-refractivity contribution in [3.05, 3.63) is 52.7 Å². The lowest BCUT2D eigenvalue weighted by Crippen LogP contribution is -2.37. The lowest BCUT2D eigenvalue weighted by Gasteiger charge is -2.21. The van der Waals surface area contributed by atoms with Crippen molar-refractivity contribution in [2.75, 3.05) is 84.6 Å². The summed E-state index contributed by atoms with van der Waals surface area (Å²) in [5, 5.41) is 6.55. The highest BCUT2D eigenvalue weighted by atomic mass is 35.5. The van der Waals surface area contributed by atoms with Gasteiger partial charge in [0, 0.05) is 61.1 Å². The van der Waals surface area contributed by atoms with Crippen molar-refractivity contribution in [3.8, 4) is 5.75 Å². The van der Waals surface area contributed by atoms with E-state index in [0.29, 0.717) is 23.7 Å². The molecule has 0 saturated carbocycles. The molecule has 0 aliphatic carbocycles. The molecule has 2 N–H and O–H groups in total. The second-order valence-corrected chi connectivity index (χ2v) is 13.4. The van der Waals surface area contributed by atoms with Gasteiger partial charge in [0.1, 0.15) is 15.7 Å². The molecule has 12 nitrogen and oxygen atoms in total. The van der Waals surface area contributed by atoms with E-state index >= 15 is 0 Å². The van der Waals surface area contributed by atoms with Gasteiger partial charge in [-0.3, -0.25) is 9.69 Å². The van der Waals surface area contributed by atoms with Crippen LogP contribution in [0.15, 0.2) is 41.4 Å². The summed E-state index contributed by atoms with van der Waals surface area (Å²) in [7, 11) is 7.99. The number of aromatic nitrogens is 2. The minimum Gasteiger partial charge on any atom is -0.495 e. The van der Waals surface area contributed by atoms with Gasteiger partial charge in [0.25, 0.3) is 0 Å². The third-order valence-corrected chi connectivity index (χ3v) is 9.39. The predicted molar refractivity (Wildman–Crippen MR) is 171 cm³/mol. The number of halogens is 1. The van der Waals surface area contributed by atoms with Crippen LogP contribution in [-0.2, 0) is 27.7 Å². The summed E-state index contributed by atoms with van der Waals surface area (Å²) in [6.45, 7) is 1.92. The Balaban J connectivity index is 1.61. The number of sulfonamides is 1. The molecule has 3 aromatic rings. The number of methoxy groups -OCH3 is 1. The molecule has 0 bridgehead atoms. The van der Waals surface area contributed by atoms with Crippen molar-refractivity contribution in [1.29, 1.82) is 0 Å². The fourth-order valence-corrected chi connectivity index (χ4v) is 5.82. The first kappa shape index (κ1) is 32.3. The normalized spacial score (nSPS) is 13.7. The van der Waals surface area contributed by atoms with Crippen LogP contribution in [0.2, 0.25) is 5.02 Å². The van der Waals surface area contributed by atoms with Crippen LogP contribution in [0, 0.1) is 0 Å². The van der Waals surface area contributed by atoms with Crippen LogP contribution in [-0.4, -0.2) is 107 Å². The van der Waals surface area contributed by atoms with E-state index in [1.165, 1.54) is 20.3 Å². The summed E-state index contributed by atoms with van der Waals surface area (Å²) < 4.78 is 33.2. The first-order valence-corrected chi connectivity index (χ1v) is 15.5. The van der Waals surface area contributed by atoms with Crippen LogP contribution in [0.4, 0.5) is 28.8 Å². The van der Waals surface area contributed by atoms with Gasteiger partial charge in [-0.15, -0.1) is 0 Å². The predicted octanol–water partition coefficient (Wildman–Crippen LogP) is 3.43. The average Bonchev–Trinajstić information content (AvgIpc) is 3.15. The number of nitrogens with zero attached hydrogens (tertiary/aromatic N) is 6. The Kier molecular flexibility index (Phi) is 10.0. The molecule has 2 aromatic carbocycles. The molecule has 1 aliphatic rings. The maximum Gasteiger partial charge on any atom is 0.244 e. The quantitative estimate of drug-likeness (QED) is 0.344. The fraction of sp³-hybridized carbons (Fsp3) is 0.414. The van der Waals surface area contributed by atoms with E-state index in [4.69, 9.17) is 16.3 Å². The van der Waals surface area contributed by atoms with Crippen LogP contribution >= 0.6 is 11.6 Å². The summed E-state index contributed by atoms with van der Waals surface area (Å²) >= 11 is 6.46. The zero-order valence-electron chi connectivity index (χ0n) is 25.6. The lowest BCUT2D eigenvalue weighted by molar-refractivity contribution is -0.129. The van der Waals surface area contributed by atoms with E-state index in [0.717, 1.165) is 47.1 Å². The Bertz CT molecular complexity index is 1600. The SMILES string of the molecule is COc1cc2c(cc1Nc1ncc(Cl)c(Nc3ccc(N(C)C)cc3S(=O)(=O)N(C)C)n1)CCN(CC(=O)N(C)C)CC2. The minimum atomic E-state index is -3.79. The highest BCUT2D eigenvalue weighted by Gasteiger charge is 2.24. The minimum absolute atomic E-state index is 0.0790. The Morgan fingerprint density at radius 1 is 1.00 bits per heavy atom. The van der Waals surface area contributed by atoms with Crippen molar-refractivity contribution in [2.24, 2.45) is 0 Å². The van der Waals surface area contributed by atoms with Crippen LogP contribution in [0.5, 0.6) is 5.75 Å². The molecule has 1 aliphatic heterocycles. The Morgan fingerprint density at radius 2 is 1.67 bits per heavy atom. The molecule has 2 heterocycles. The topological polar surface area (TPSA) is 123 Å². The molecule has 0 radical (unpaired) electrons. The third-order valence-electron chi connectivity index (χ3n) is 7.26.